The number of benzene rings is 1. The van der Waals surface area contributed by atoms with Crippen LogP contribution in [0, 0.1) is 16.0 Å². The molecule has 0 bridgehead atoms. The molecular weight excluding hydrogens is 324 g/mol. The third-order valence-electron chi connectivity index (χ3n) is 5.52. The third-order valence-corrected chi connectivity index (χ3v) is 5.52. The largest absolute Gasteiger partial charge is 0.496 e. The topological polar surface area (TPSA) is 81.9 Å². The van der Waals surface area contributed by atoms with Crippen molar-refractivity contribution in [1.29, 1.82) is 0 Å². The van der Waals surface area contributed by atoms with Gasteiger partial charge in [-0.3, -0.25) is 19.8 Å². The maximum atomic E-state index is 12.3. The predicted octanol–water partition coefficient (Wildman–Crippen LogP) is 2.91. The molecule has 1 saturated carbocycles. The highest BCUT2D eigenvalue weighted by molar-refractivity contribution is 5.76. The van der Waals surface area contributed by atoms with E-state index in [0.29, 0.717) is 24.3 Å². The molecule has 1 aromatic carbocycles. The number of hydrogen-bond acceptors (Lipinski definition) is 6. The molecule has 0 amide bonds. The lowest BCUT2D eigenvalue weighted by atomic mass is 9.84. The average Bonchev–Trinajstić information content (AvgIpc) is 2.99. The van der Waals surface area contributed by atoms with Gasteiger partial charge in [-0.25, -0.2) is 0 Å². The fourth-order valence-corrected chi connectivity index (χ4v) is 4.35. The number of hydrogen-bond donors (Lipinski definition) is 0. The second-order valence-corrected chi connectivity index (χ2v) is 6.81. The van der Waals surface area contributed by atoms with Gasteiger partial charge in [-0.05, 0) is 31.2 Å². The number of likely N-dealkylation sites (tertiary alicyclic amines) is 1. The molecule has 2 fully saturated rings. The molecule has 0 spiro atoms. The fourth-order valence-electron chi connectivity index (χ4n) is 4.35. The first-order valence-corrected chi connectivity index (χ1v) is 8.70. The number of rotatable bonds is 5. The van der Waals surface area contributed by atoms with Crippen LogP contribution in [0.4, 0.5) is 5.69 Å². The molecule has 1 aliphatic carbocycles. The summed E-state index contributed by atoms with van der Waals surface area (Å²) in [5.41, 5.74) is 0.765. The van der Waals surface area contributed by atoms with E-state index in [1.807, 2.05) is 0 Å². The number of nitrogens with zero attached hydrogens (tertiary/aromatic N) is 2. The summed E-state index contributed by atoms with van der Waals surface area (Å²) >= 11 is 0. The van der Waals surface area contributed by atoms with Crippen LogP contribution < -0.4 is 4.74 Å². The van der Waals surface area contributed by atoms with Crippen LogP contribution in [0.5, 0.6) is 5.75 Å². The number of nitro groups is 1. The van der Waals surface area contributed by atoms with Crippen LogP contribution >= 0.6 is 0 Å². The Morgan fingerprint density at radius 1 is 1.32 bits per heavy atom. The molecule has 0 unspecified atom stereocenters. The number of methoxy groups -OCH3 is 2. The van der Waals surface area contributed by atoms with E-state index in [4.69, 9.17) is 9.47 Å². The normalized spacial score (nSPS) is 26.1. The van der Waals surface area contributed by atoms with Crippen molar-refractivity contribution in [3.05, 3.63) is 33.9 Å². The Bertz CT molecular complexity index is 663. The van der Waals surface area contributed by atoms with Crippen LogP contribution in [0.1, 0.15) is 37.7 Å². The highest BCUT2D eigenvalue weighted by atomic mass is 16.6. The third kappa shape index (κ3) is 3.46. The molecule has 1 heterocycles. The Kier molecular flexibility index (Phi) is 5.22. The lowest BCUT2D eigenvalue weighted by Gasteiger charge is -2.33. The summed E-state index contributed by atoms with van der Waals surface area (Å²) in [6.45, 7) is 0.450. The van der Waals surface area contributed by atoms with Gasteiger partial charge in [-0.15, -0.1) is 0 Å². The summed E-state index contributed by atoms with van der Waals surface area (Å²) in [4.78, 5) is 25.2. The first-order chi connectivity index (χ1) is 12.0. The number of non-ortho nitro benzene ring substituents is 1. The van der Waals surface area contributed by atoms with Gasteiger partial charge in [0.1, 0.15) is 11.8 Å². The zero-order valence-electron chi connectivity index (χ0n) is 14.6. The van der Waals surface area contributed by atoms with Gasteiger partial charge in [0.15, 0.2) is 0 Å². The molecule has 0 radical (unpaired) electrons. The number of carbonyl (C=O) groups is 1. The minimum absolute atomic E-state index is 0.0322. The summed E-state index contributed by atoms with van der Waals surface area (Å²) in [6, 6.07) is 4.63. The molecule has 0 aromatic heterocycles. The average molecular weight is 348 g/mol. The summed E-state index contributed by atoms with van der Waals surface area (Å²) in [6.07, 6.45) is 5.32. The second kappa shape index (κ2) is 7.39. The minimum Gasteiger partial charge on any atom is -0.496 e. The summed E-state index contributed by atoms with van der Waals surface area (Å²) in [7, 11) is 2.96. The van der Waals surface area contributed by atoms with E-state index in [1.54, 1.807) is 19.2 Å². The first-order valence-electron chi connectivity index (χ1n) is 8.70. The number of nitro benzene ring substituents is 1. The molecule has 3 atom stereocenters. The van der Waals surface area contributed by atoms with Gasteiger partial charge in [0.2, 0.25) is 0 Å². The molecule has 136 valence electrons. The summed E-state index contributed by atoms with van der Waals surface area (Å²) < 4.78 is 10.4. The predicted molar refractivity (Wildman–Crippen MR) is 91.4 cm³/mol. The fraction of sp³-hybridized carbons (Fsp3) is 0.611. The van der Waals surface area contributed by atoms with Crippen molar-refractivity contribution in [2.75, 3.05) is 14.2 Å². The molecule has 1 aromatic rings. The van der Waals surface area contributed by atoms with Gasteiger partial charge in [-0.1, -0.05) is 12.8 Å². The molecular formula is C18H24N2O5. The number of carbonyl (C=O) groups excluding carboxylic acids is 1. The van der Waals surface area contributed by atoms with E-state index < -0.39 is 4.92 Å². The van der Waals surface area contributed by atoms with Gasteiger partial charge >= 0.3 is 5.97 Å². The Balaban J connectivity index is 1.91. The Morgan fingerprint density at radius 3 is 2.76 bits per heavy atom. The van der Waals surface area contributed by atoms with Crippen molar-refractivity contribution in [2.24, 2.45) is 5.92 Å². The van der Waals surface area contributed by atoms with Crippen molar-refractivity contribution >= 4 is 11.7 Å². The van der Waals surface area contributed by atoms with Gasteiger partial charge in [0, 0.05) is 30.3 Å². The smallest absolute Gasteiger partial charge is 0.323 e. The van der Waals surface area contributed by atoms with E-state index in [-0.39, 0.29) is 17.7 Å². The van der Waals surface area contributed by atoms with E-state index in [2.05, 4.69) is 4.90 Å². The monoisotopic (exact) mass is 348 g/mol. The lowest BCUT2D eigenvalue weighted by molar-refractivity contribution is -0.385. The molecule has 1 saturated heterocycles. The minimum atomic E-state index is -0.409. The van der Waals surface area contributed by atoms with Gasteiger partial charge in [0.05, 0.1) is 19.1 Å². The maximum absolute atomic E-state index is 12.3. The summed E-state index contributed by atoms with van der Waals surface area (Å²) in [5, 5.41) is 11.1. The molecule has 7 heteroatoms. The van der Waals surface area contributed by atoms with Crippen molar-refractivity contribution < 1.29 is 19.2 Å². The highest BCUT2D eigenvalue weighted by Gasteiger charge is 2.45. The van der Waals surface area contributed by atoms with Crippen molar-refractivity contribution in [3.8, 4) is 5.75 Å². The van der Waals surface area contributed by atoms with Crippen LogP contribution in [0.2, 0.25) is 0 Å². The van der Waals surface area contributed by atoms with Crippen LogP contribution in [0.25, 0.3) is 0 Å². The van der Waals surface area contributed by atoms with Crippen LogP contribution in [-0.4, -0.2) is 42.1 Å². The van der Waals surface area contributed by atoms with Crippen LogP contribution in [0.15, 0.2) is 18.2 Å². The quantitative estimate of drug-likeness (QED) is 0.462. The zero-order valence-corrected chi connectivity index (χ0v) is 14.6. The lowest BCUT2D eigenvalue weighted by Crippen LogP contribution is -2.42. The molecule has 0 N–H and O–H groups in total. The highest BCUT2D eigenvalue weighted by Crippen LogP contribution is 2.41. The van der Waals surface area contributed by atoms with Crippen molar-refractivity contribution in [3.63, 3.8) is 0 Å². The SMILES string of the molecule is COC(=O)[C@@H]1C[C@@H]2CCCC[C@H]2N1Cc1cc([N+](=O)[O-])ccc1OC. The number of ether oxygens (including phenoxy) is 2. The van der Waals surface area contributed by atoms with Gasteiger partial charge < -0.3 is 9.47 Å². The Hall–Kier alpha value is -2.15. The van der Waals surface area contributed by atoms with Gasteiger partial charge in [-0.2, -0.15) is 0 Å². The Morgan fingerprint density at radius 2 is 2.08 bits per heavy atom. The maximum Gasteiger partial charge on any atom is 0.323 e. The van der Waals surface area contributed by atoms with E-state index >= 15 is 0 Å². The standard InChI is InChI=1S/C18H24N2O5/c1-24-17-8-7-14(20(22)23)9-13(17)11-19-15-6-4-3-5-12(15)10-16(19)18(21)25-2/h7-9,12,15-16H,3-6,10-11H2,1-2H3/t12-,15+,16-/m0/s1. The first kappa shape index (κ1) is 17.7. The second-order valence-electron chi connectivity index (χ2n) is 6.81. The summed E-state index contributed by atoms with van der Waals surface area (Å²) in [5.74, 6) is 0.870. The molecule has 7 nitrogen and oxygen atoms in total. The number of fused-ring (bicyclic) bond motifs is 1. The van der Waals surface area contributed by atoms with Crippen LogP contribution in [-0.2, 0) is 16.1 Å². The molecule has 1 aliphatic heterocycles. The van der Waals surface area contributed by atoms with E-state index in [1.165, 1.54) is 19.6 Å². The van der Waals surface area contributed by atoms with Crippen molar-refractivity contribution in [1.82, 2.24) is 4.90 Å². The Labute approximate surface area is 147 Å². The molecule has 2 aliphatic rings. The molecule has 3 rings (SSSR count). The van der Waals surface area contributed by atoms with E-state index in [0.717, 1.165) is 31.2 Å². The van der Waals surface area contributed by atoms with Gasteiger partial charge in [0.25, 0.3) is 5.69 Å². The molecule has 25 heavy (non-hydrogen) atoms. The zero-order chi connectivity index (χ0) is 18.0. The van der Waals surface area contributed by atoms with Crippen LogP contribution in [0.3, 0.4) is 0 Å². The van der Waals surface area contributed by atoms with E-state index in [9.17, 15) is 14.9 Å². The number of esters is 1. The van der Waals surface area contributed by atoms with Crippen molar-refractivity contribution in [2.45, 2.75) is 50.7 Å².